The molecule has 0 saturated heterocycles. The summed E-state index contributed by atoms with van der Waals surface area (Å²) in [5, 5.41) is 1.06. The fraction of sp³-hybridized carbons (Fsp3) is 0.308. The SMILES string of the molecule is CC(C)C(C=O)c1cccc2ccoc12. The van der Waals surface area contributed by atoms with Crippen molar-refractivity contribution in [3.05, 3.63) is 36.1 Å². The van der Waals surface area contributed by atoms with Crippen LogP contribution in [0.3, 0.4) is 0 Å². The smallest absolute Gasteiger partial charge is 0.137 e. The molecule has 0 aliphatic heterocycles. The fourth-order valence-electron chi connectivity index (χ4n) is 1.87. The van der Waals surface area contributed by atoms with Gasteiger partial charge in [0.15, 0.2) is 0 Å². The molecule has 0 fully saturated rings. The number of hydrogen-bond acceptors (Lipinski definition) is 2. The molecule has 2 rings (SSSR count). The number of aldehydes is 1. The van der Waals surface area contributed by atoms with Gasteiger partial charge < -0.3 is 9.21 Å². The second-order valence-corrected chi connectivity index (χ2v) is 4.09. The van der Waals surface area contributed by atoms with Crippen LogP contribution in [0.2, 0.25) is 0 Å². The lowest BCUT2D eigenvalue weighted by atomic mass is 9.89. The van der Waals surface area contributed by atoms with Crippen molar-refractivity contribution in [3.8, 4) is 0 Å². The van der Waals surface area contributed by atoms with E-state index < -0.39 is 0 Å². The third kappa shape index (κ3) is 1.67. The first kappa shape index (κ1) is 9.97. The molecule has 0 amide bonds. The average Bonchev–Trinajstić information content (AvgIpc) is 2.66. The largest absolute Gasteiger partial charge is 0.464 e. The Hall–Kier alpha value is -1.57. The summed E-state index contributed by atoms with van der Waals surface area (Å²) in [7, 11) is 0. The predicted molar refractivity (Wildman–Crippen MR) is 59.9 cm³/mol. The van der Waals surface area contributed by atoms with Crippen molar-refractivity contribution < 1.29 is 9.21 Å². The first-order valence-corrected chi connectivity index (χ1v) is 5.15. The minimum Gasteiger partial charge on any atom is -0.464 e. The van der Waals surface area contributed by atoms with Crippen LogP contribution in [0.1, 0.15) is 25.3 Å². The number of fused-ring (bicyclic) bond motifs is 1. The van der Waals surface area contributed by atoms with Gasteiger partial charge in [-0.3, -0.25) is 0 Å². The van der Waals surface area contributed by atoms with E-state index in [1.807, 2.05) is 38.1 Å². The van der Waals surface area contributed by atoms with E-state index in [9.17, 15) is 4.79 Å². The van der Waals surface area contributed by atoms with Crippen LogP contribution in [0, 0.1) is 5.92 Å². The normalized spacial score (nSPS) is 13.3. The Balaban J connectivity index is 2.58. The fourth-order valence-corrected chi connectivity index (χ4v) is 1.87. The third-order valence-corrected chi connectivity index (χ3v) is 2.73. The van der Waals surface area contributed by atoms with Gasteiger partial charge in [-0.15, -0.1) is 0 Å². The van der Waals surface area contributed by atoms with E-state index in [0.29, 0.717) is 5.92 Å². The van der Waals surface area contributed by atoms with Gasteiger partial charge in [0.25, 0.3) is 0 Å². The Kier molecular flexibility index (Phi) is 2.58. The summed E-state index contributed by atoms with van der Waals surface area (Å²) in [4.78, 5) is 11.1. The molecule has 15 heavy (non-hydrogen) atoms. The molecule has 2 nitrogen and oxygen atoms in total. The van der Waals surface area contributed by atoms with E-state index >= 15 is 0 Å². The summed E-state index contributed by atoms with van der Waals surface area (Å²) in [6.07, 6.45) is 2.66. The third-order valence-electron chi connectivity index (χ3n) is 2.73. The van der Waals surface area contributed by atoms with Gasteiger partial charge in [0, 0.05) is 16.9 Å². The highest BCUT2D eigenvalue weighted by molar-refractivity contribution is 5.83. The molecule has 0 saturated carbocycles. The molecule has 0 aliphatic carbocycles. The Bertz CT molecular complexity index is 468. The van der Waals surface area contributed by atoms with Gasteiger partial charge in [0.05, 0.1) is 6.26 Å². The van der Waals surface area contributed by atoms with Crippen LogP contribution in [-0.4, -0.2) is 6.29 Å². The maximum absolute atomic E-state index is 11.1. The minimum atomic E-state index is -0.0835. The second-order valence-electron chi connectivity index (χ2n) is 4.09. The molecule has 0 spiro atoms. The minimum absolute atomic E-state index is 0.0835. The summed E-state index contributed by atoms with van der Waals surface area (Å²) < 4.78 is 5.42. The summed E-state index contributed by atoms with van der Waals surface area (Å²) in [5.74, 6) is 0.207. The highest BCUT2D eigenvalue weighted by Crippen LogP contribution is 2.29. The summed E-state index contributed by atoms with van der Waals surface area (Å²) in [6, 6.07) is 7.84. The summed E-state index contributed by atoms with van der Waals surface area (Å²) in [5.41, 5.74) is 1.82. The van der Waals surface area contributed by atoms with Crippen molar-refractivity contribution in [2.24, 2.45) is 5.92 Å². The lowest BCUT2D eigenvalue weighted by Gasteiger charge is -2.14. The molecule has 0 bridgehead atoms. The van der Waals surface area contributed by atoms with E-state index in [4.69, 9.17) is 4.42 Å². The number of furan rings is 1. The first-order chi connectivity index (χ1) is 7.24. The van der Waals surface area contributed by atoms with Gasteiger partial charge in [0.2, 0.25) is 0 Å². The summed E-state index contributed by atoms with van der Waals surface area (Å²) >= 11 is 0. The molecule has 1 atom stereocenters. The molecular weight excluding hydrogens is 188 g/mol. The molecule has 1 heterocycles. The lowest BCUT2D eigenvalue weighted by Crippen LogP contribution is -2.08. The zero-order chi connectivity index (χ0) is 10.8. The average molecular weight is 202 g/mol. The molecule has 1 aromatic heterocycles. The van der Waals surface area contributed by atoms with E-state index in [-0.39, 0.29) is 5.92 Å². The molecule has 1 unspecified atom stereocenters. The topological polar surface area (TPSA) is 30.2 Å². The molecule has 0 N–H and O–H groups in total. The van der Waals surface area contributed by atoms with Crippen LogP contribution in [0.4, 0.5) is 0 Å². The van der Waals surface area contributed by atoms with Gasteiger partial charge in [0.1, 0.15) is 11.9 Å². The molecular formula is C13H14O2. The number of hydrogen-bond donors (Lipinski definition) is 0. The van der Waals surface area contributed by atoms with Crippen LogP contribution in [-0.2, 0) is 4.79 Å². The van der Waals surface area contributed by atoms with Crippen LogP contribution in [0.5, 0.6) is 0 Å². The maximum Gasteiger partial charge on any atom is 0.137 e. The van der Waals surface area contributed by atoms with Crippen molar-refractivity contribution in [1.82, 2.24) is 0 Å². The standard InChI is InChI=1S/C13H14O2/c1-9(2)12(8-14)11-5-3-4-10-6-7-15-13(10)11/h3-9,12H,1-2H3. The van der Waals surface area contributed by atoms with Crippen LogP contribution in [0.15, 0.2) is 34.9 Å². The van der Waals surface area contributed by atoms with E-state index in [0.717, 1.165) is 22.8 Å². The molecule has 2 heteroatoms. The zero-order valence-electron chi connectivity index (χ0n) is 8.94. The Labute approximate surface area is 88.9 Å². The van der Waals surface area contributed by atoms with Crippen LogP contribution in [0.25, 0.3) is 11.0 Å². The van der Waals surface area contributed by atoms with Gasteiger partial charge in [-0.1, -0.05) is 32.0 Å². The number of carbonyl (C=O) groups excluding carboxylic acids is 1. The number of carbonyl (C=O) groups is 1. The zero-order valence-corrected chi connectivity index (χ0v) is 8.94. The van der Waals surface area contributed by atoms with E-state index in [1.165, 1.54) is 0 Å². The van der Waals surface area contributed by atoms with Gasteiger partial charge in [-0.05, 0) is 12.0 Å². The highest BCUT2D eigenvalue weighted by Gasteiger charge is 2.18. The Morgan fingerprint density at radius 2 is 2.07 bits per heavy atom. The van der Waals surface area contributed by atoms with Crippen molar-refractivity contribution in [2.75, 3.05) is 0 Å². The molecule has 0 aliphatic rings. The monoisotopic (exact) mass is 202 g/mol. The van der Waals surface area contributed by atoms with Crippen LogP contribution >= 0.6 is 0 Å². The predicted octanol–water partition coefficient (Wildman–Crippen LogP) is 3.37. The lowest BCUT2D eigenvalue weighted by molar-refractivity contribution is -0.109. The molecule has 2 aromatic rings. The molecule has 0 radical (unpaired) electrons. The van der Waals surface area contributed by atoms with Crippen LogP contribution < -0.4 is 0 Å². The Morgan fingerprint density at radius 1 is 1.27 bits per heavy atom. The molecule has 78 valence electrons. The van der Waals surface area contributed by atoms with Gasteiger partial charge in [-0.2, -0.15) is 0 Å². The quantitative estimate of drug-likeness (QED) is 0.714. The first-order valence-electron chi connectivity index (χ1n) is 5.15. The van der Waals surface area contributed by atoms with Crippen molar-refractivity contribution >= 4 is 17.3 Å². The van der Waals surface area contributed by atoms with E-state index in [1.54, 1.807) is 6.26 Å². The number of rotatable bonds is 3. The molecule has 1 aromatic carbocycles. The highest BCUT2D eigenvalue weighted by atomic mass is 16.3. The number of para-hydroxylation sites is 1. The Morgan fingerprint density at radius 3 is 2.73 bits per heavy atom. The summed E-state index contributed by atoms with van der Waals surface area (Å²) in [6.45, 7) is 4.08. The van der Waals surface area contributed by atoms with Crippen molar-refractivity contribution in [1.29, 1.82) is 0 Å². The maximum atomic E-state index is 11.1. The second kappa shape index (κ2) is 3.89. The van der Waals surface area contributed by atoms with Gasteiger partial charge in [-0.25, -0.2) is 0 Å². The van der Waals surface area contributed by atoms with Gasteiger partial charge >= 0.3 is 0 Å². The van der Waals surface area contributed by atoms with Crippen molar-refractivity contribution in [3.63, 3.8) is 0 Å². The van der Waals surface area contributed by atoms with Crippen molar-refractivity contribution in [2.45, 2.75) is 19.8 Å². The van der Waals surface area contributed by atoms with E-state index in [2.05, 4.69) is 0 Å². The number of benzene rings is 1.